The minimum absolute atomic E-state index is 0.0154. The van der Waals surface area contributed by atoms with Crippen molar-refractivity contribution in [1.29, 1.82) is 0 Å². The van der Waals surface area contributed by atoms with E-state index >= 15 is 0 Å². The third-order valence-electron chi connectivity index (χ3n) is 2.38. The Labute approximate surface area is 126 Å². The Morgan fingerprint density at radius 3 is 2.81 bits per heavy atom. The normalized spacial score (nSPS) is 10.7. The molecule has 0 saturated heterocycles. The molecule has 1 amide bonds. The van der Waals surface area contributed by atoms with E-state index in [0.717, 1.165) is 0 Å². The van der Waals surface area contributed by atoms with Gasteiger partial charge in [-0.25, -0.2) is 4.98 Å². The Hall–Kier alpha value is -2.29. The lowest BCUT2D eigenvalue weighted by atomic mass is 10.4. The number of carbonyl (C=O) groups excluding carboxylic acids is 1. The fraction of sp³-hybridized carbons (Fsp3) is 0.455. The van der Waals surface area contributed by atoms with Gasteiger partial charge in [-0.15, -0.1) is 0 Å². The molecule has 0 spiro atoms. The van der Waals surface area contributed by atoms with Crippen LogP contribution in [0.4, 0.5) is 5.95 Å². The molecule has 2 aromatic rings. The minimum Gasteiger partial charge on any atom is -0.352 e. The maximum atomic E-state index is 11.8. The Morgan fingerprint density at radius 1 is 1.43 bits per heavy atom. The summed E-state index contributed by atoms with van der Waals surface area (Å²) in [6.45, 7) is 3.89. The molecule has 2 heterocycles. The van der Waals surface area contributed by atoms with Crippen LogP contribution in [0.1, 0.15) is 13.8 Å². The van der Waals surface area contributed by atoms with E-state index in [1.165, 1.54) is 17.3 Å². The van der Waals surface area contributed by atoms with Crippen LogP contribution < -0.4 is 10.2 Å². The molecule has 0 aliphatic carbocycles. The zero-order valence-corrected chi connectivity index (χ0v) is 12.6. The number of nitrogens with one attached hydrogen (secondary N) is 1. The summed E-state index contributed by atoms with van der Waals surface area (Å²) in [4.78, 5) is 29.3. The second-order valence-electron chi connectivity index (χ2n) is 4.62. The molecule has 0 aromatic carbocycles. The average Bonchev–Trinajstić information content (AvgIpc) is 2.90. The third-order valence-corrected chi connectivity index (χ3v) is 2.55. The van der Waals surface area contributed by atoms with Crippen molar-refractivity contribution in [1.82, 2.24) is 35.0 Å². The van der Waals surface area contributed by atoms with Gasteiger partial charge in [0.25, 0.3) is 5.95 Å². The quantitative estimate of drug-likeness (QED) is 0.833. The highest BCUT2D eigenvalue weighted by Gasteiger charge is 2.14. The van der Waals surface area contributed by atoms with Crippen molar-refractivity contribution in [2.75, 3.05) is 18.5 Å². The number of amides is 1. The van der Waals surface area contributed by atoms with Crippen molar-refractivity contribution >= 4 is 23.5 Å². The number of anilines is 1. The highest BCUT2D eigenvalue weighted by molar-refractivity contribution is 6.28. The smallest absolute Gasteiger partial charge is 0.258 e. The van der Waals surface area contributed by atoms with Crippen molar-refractivity contribution in [3.63, 3.8) is 0 Å². The first-order valence-corrected chi connectivity index (χ1v) is 6.60. The lowest BCUT2D eigenvalue weighted by Crippen LogP contribution is -2.39. The number of nitrogens with zero attached hydrogens (tertiary/aromatic N) is 7. The van der Waals surface area contributed by atoms with Crippen LogP contribution >= 0.6 is 11.6 Å². The first-order chi connectivity index (χ1) is 9.95. The number of rotatable bonds is 5. The largest absolute Gasteiger partial charge is 0.352 e. The van der Waals surface area contributed by atoms with Crippen LogP contribution in [0.2, 0.25) is 5.28 Å². The standard InChI is InChI=1S/C11H15ClN8O/c1-7(2)15-8(21)4-19(3)10-16-9(12)17-11(18-10)20-6-13-5-14-20/h5-7H,4H2,1-3H3,(H,15,21). The van der Waals surface area contributed by atoms with E-state index in [4.69, 9.17) is 11.6 Å². The number of hydrogen-bond acceptors (Lipinski definition) is 7. The maximum Gasteiger partial charge on any atom is 0.258 e. The van der Waals surface area contributed by atoms with E-state index in [0.29, 0.717) is 0 Å². The molecule has 112 valence electrons. The van der Waals surface area contributed by atoms with Crippen LogP contribution in [-0.2, 0) is 4.79 Å². The molecule has 2 aromatic heterocycles. The van der Waals surface area contributed by atoms with Gasteiger partial charge in [-0.05, 0) is 25.4 Å². The molecule has 0 bridgehead atoms. The van der Waals surface area contributed by atoms with Crippen LogP contribution in [0.15, 0.2) is 12.7 Å². The van der Waals surface area contributed by atoms with Gasteiger partial charge in [-0.1, -0.05) is 0 Å². The van der Waals surface area contributed by atoms with E-state index in [9.17, 15) is 4.79 Å². The van der Waals surface area contributed by atoms with Gasteiger partial charge < -0.3 is 10.2 Å². The average molecular weight is 311 g/mol. The fourth-order valence-corrected chi connectivity index (χ4v) is 1.72. The van der Waals surface area contributed by atoms with Crippen molar-refractivity contribution in [3.8, 4) is 5.95 Å². The van der Waals surface area contributed by atoms with E-state index in [-0.39, 0.29) is 35.7 Å². The highest BCUT2D eigenvalue weighted by Crippen LogP contribution is 2.11. The van der Waals surface area contributed by atoms with E-state index in [1.807, 2.05) is 13.8 Å². The van der Waals surface area contributed by atoms with Gasteiger partial charge in [-0.3, -0.25) is 4.79 Å². The Kier molecular flexibility index (Phi) is 4.63. The molecule has 10 heteroatoms. The molecule has 0 fully saturated rings. The van der Waals surface area contributed by atoms with Gasteiger partial charge in [0, 0.05) is 13.1 Å². The molecular formula is C11H15ClN8O. The Morgan fingerprint density at radius 2 is 2.19 bits per heavy atom. The summed E-state index contributed by atoms with van der Waals surface area (Å²) in [5.74, 6) is 0.379. The van der Waals surface area contributed by atoms with Gasteiger partial charge in [0.15, 0.2) is 0 Å². The summed E-state index contributed by atoms with van der Waals surface area (Å²) in [7, 11) is 1.69. The predicted octanol–water partition coefficient (Wildman–Crippen LogP) is 0.0665. The topological polar surface area (TPSA) is 102 Å². The molecule has 0 atom stereocenters. The summed E-state index contributed by atoms with van der Waals surface area (Å²) < 4.78 is 1.36. The van der Waals surface area contributed by atoms with E-state index < -0.39 is 0 Å². The predicted molar refractivity (Wildman–Crippen MR) is 76.3 cm³/mol. The molecule has 2 rings (SSSR count). The first kappa shape index (κ1) is 15.1. The second kappa shape index (κ2) is 6.44. The fourth-order valence-electron chi connectivity index (χ4n) is 1.57. The molecule has 9 nitrogen and oxygen atoms in total. The van der Waals surface area contributed by atoms with E-state index in [2.05, 4.69) is 30.4 Å². The van der Waals surface area contributed by atoms with Crippen molar-refractivity contribution in [3.05, 3.63) is 17.9 Å². The van der Waals surface area contributed by atoms with Gasteiger partial charge in [0.2, 0.25) is 17.1 Å². The van der Waals surface area contributed by atoms with Crippen LogP contribution in [0.3, 0.4) is 0 Å². The van der Waals surface area contributed by atoms with Crippen LogP contribution in [-0.4, -0.2) is 55.3 Å². The Bertz CT molecular complexity index is 615. The van der Waals surface area contributed by atoms with Crippen LogP contribution in [0.25, 0.3) is 5.95 Å². The van der Waals surface area contributed by atoms with Crippen molar-refractivity contribution in [2.24, 2.45) is 0 Å². The van der Waals surface area contributed by atoms with Gasteiger partial charge in [0.05, 0.1) is 6.54 Å². The van der Waals surface area contributed by atoms with Gasteiger partial charge in [0.1, 0.15) is 12.7 Å². The number of carbonyl (C=O) groups is 1. The minimum atomic E-state index is -0.133. The molecular weight excluding hydrogens is 296 g/mol. The molecule has 0 unspecified atom stereocenters. The summed E-state index contributed by atoms with van der Waals surface area (Å²) in [6, 6.07) is 0.0681. The maximum absolute atomic E-state index is 11.8. The van der Waals surface area contributed by atoms with Crippen molar-refractivity contribution < 1.29 is 4.79 Å². The zero-order chi connectivity index (χ0) is 15.4. The molecule has 0 radical (unpaired) electrons. The molecule has 21 heavy (non-hydrogen) atoms. The Balaban J connectivity index is 2.18. The SMILES string of the molecule is CC(C)NC(=O)CN(C)c1nc(Cl)nc(-n2cncn2)n1. The number of halogens is 1. The van der Waals surface area contributed by atoms with E-state index in [1.54, 1.807) is 11.9 Å². The third kappa shape index (κ3) is 4.09. The van der Waals surface area contributed by atoms with Crippen molar-refractivity contribution in [2.45, 2.75) is 19.9 Å². The zero-order valence-electron chi connectivity index (χ0n) is 11.9. The second-order valence-corrected chi connectivity index (χ2v) is 4.96. The molecule has 0 aliphatic heterocycles. The number of hydrogen-bond donors (Lipinski definition) is 1. The summed E-state index contributed by atoms with van der Waals surface area (Å²) >= 11 is 5.88. The number of aromatic nitrogens is 6. The van der Waals surface area contributed by atoms with Gasteiger partial charge >= 0.3 is 0 Å². The molecule has 0 saturated carbocycles. The molecule has 1 N–H and O–H groups in total. The lowest BCUT2D eigenvalue weighted by Gasteiger charge is -2.18. The van der Waals surface area contributed by atoms with Gasteiger partial charge in [-0.2, -0.15) is 24.7 Å². The van der Waals surface area contributed by atoms with Crippen LogP contribution in [0.5, 0.6) is 0 Å². The summed E-state index contributed by atoms with van der Waals surface area (Å²) in [5.41, 5.74) is 0. The lowest BCUT2D eigenvalue weighted by molar-refractivity contribution is -0.120. The summed E-state index contributed by atoms with van der Waals surface area (Å²) in [5, 5.41) is 6.73. The first-order valence-electron chi connectivity index (χ1n) is 6.23. The summed E-state index contributed by atoms with van der Waals surface area (Å²) in [6.07, 6.45) is 2.80. The monoisotopic (exact) mass is 310 g/mol. The number of likely N-dealkylation sites (N-methyl/N-ethyl adjacent to an activating group) is 1. The highest BCUT2D eigenvalue weighted by atomic mass is 35.5. The van der Waals surface area contributed by atoms with Crippen LogP contribution in [0, 0.1) is 0 Å². The molecule has 0 aliphatic rings.